The lowest BCUT2D eigenvalue weighted by Crippen LogP contribution is -2.40. The number of rotatable bonds is 3. The molecule has 7 heteroatoms. The summed E-state index contributed by atoms with van der Waals surface area (Å²) in [7, 11) is 0. The molecule has 1 unspecified atom stereocenters. The first kappa shape index (κ1) is 19.3. The van der Waals surface area contributed by atoms with Gasteiger partial charge in [-0.25, -0.2) is 0 Å². The topological polar surface area (TPSA) is 80.5 Å². The Balaban J connectivity index is 1.91. The first-order valence-corrected chi connectivity index (χ1v) is 9.84. The van der Waals surface area contributed by atoms with E-state index >= 15 is 0 Å². The number of ketones is 1. The highest BCUT2D eigenvalue weighted by Gasteiger charge is 2.41. The maximum atomic E-state index is 13.2. The van der Waals surface area contributed by atoms with Crippen LogP contribution >= 0.6 is 11.6 Å². The van der Waals surface area contributed by atoms with Gasteiger partial charge in [-0.15, -0.1) is 0 Å². The second kappa shape index (κ2) is 7.44. The summed E-state index contributed by atoms with van der Waals surface area (Å²) in [6.07, 6.45) is 1.65. The minimum Gasteiger partial charge on any atom is -0.294 e. The van der Waals surface area contributed by atoms with Gasteiger partial charge in [-0.05, 0) is 37.5 Å². The third-order valence-corrected chi connectivity index (χ3v) is 5.73. The molecular formula is C22H19ClN2O4. The van der Waals surface area contributed by atoms with Crippen LogP contribution in [0.15, 0.2) is 53.7 Å². The lowest BCUT2D eigenvalue weighted by atomic mass is 9.77. The molecule has 2 aliphatic rings. The molecule has 1 amide bonds. The number of anilines is 1. The van der Waals surface area contributed by atoms with Crippen molar-refractivity contribution in [2.75, 3.05) is 4.90 Å². The summed E-state index contributed by atoms with van der Waals surface area (Å²) in [5.74, 6) is -0.574. The van der Waals surface area contributed by atoms with Crippen LogP contribution in [0, 0.1) is 17.0 Å². The molecule has 4 rings (SSSR count). The van der Waals surface area contributed by atoms with Crippen molar-refractivity contribution < 1.29 is 14.5 Å². The first-order valence-electron chi connectivity index (χ1n) is 9.46. The first-order chi connectivity index (χ1) is 13.9. The molecule has 0 bridgehead atoms. The number of amides is 1. The quantitative estimate of drug-likeness (QED) is 0.521. The molecule has 1 aliphatic heterocycles. The molecule has 0 aromatic heterocycles. The van der Waals surface area contributed by atoms with E-state index in [0.29, 0.717) is 30.5 Å². The average molecular weight is 411 g/mol. The van der Waals surface area contributed by atoms with Crippen molar-refractivity contribution in [1.29, 1.82) is 0 Å². The molecule has 0 radical (unpaired) electrons. The molecule has 148 valence electrons. The number of carbonyl (C=O) groups excluding carboxylic acids is 2. The number of hydrogen-bond donors (Lipinski definition) is 0. The van der Waals surface area contributed by atoms with Gasteiger partial charge >= 0.3 is 0 Å². The summed E-state index contributed by atoms with van der Waals surface area (Å²) in [6, 6.07) is 12.0. The predicted octanol–water partition coefficient (Wildman–Crippen LogP) is 5.08. The zero-order valence-corrected chi connectivity index (χ0v) is 16.6. The van der Waals surface area contributed by atoms with Gasteiger partial charge < -0.3 is 0 Å². The van der Waals surface area contributed by atoms with E-state index in [0.717, 1.165) is 11.1 Å². The van der Waals surface area contributed by atoms with E-state index in [2.05, 4.69) is 0 Å². The van der Waals surface area contributed by atoms with Gasteiger partial charge in [-0.2, -0.15) is 0 Å². The Hall–Kier alpha value is -2.99. The fourth-order valence-corrected chi connectivity index (χ4v) is 4.44. The van der Waals surface area contributed by atoms with E-state index in [9.17, 15) is 19.7 Å². The molecule has 1 atom stereocenters. The second-order valence-corrected chi connectivity index (χ2v) is 7.86. The Morgan fingerprint density at radius 2 is 1.93 bits per heavy atom. The largest absolute Gasteiger partial charge is 0.294 e. The summed E-state index contributed by atoms with van der Waals surface area (Å²) < 4.78 is 0. The average Bonchev–Trinajstić information content (AvgIpc) is 2.68. The maximum absolute atomic E-state index is 13.2. The van der Waals surface area contributed by atoms with Crippen LogP contribution < -0.4 is 4.90 Å². The van der Waals surface area contributed by atoms with Crippen molar-refractivity contribution in [2.24, 2.45) is 0 Å². The number of nitro groups is 1. The second-order valence-electron chi connectivity index (χ2n) is 7.43. The van der Waals surface area contributed by atoms with Gasteiger partial charge in [0.05, 0.1) is 4.92 Å². The Bertz CT molecular complexity index is 1080. The zero-order valence-electron chi connectivity index (χ0n) is 15.9. The smallest absolute Gasteiger partial charge is 0.294 e. The molecule has 0 saturated carbocycles. The number of halogens is 1. The highest BCUT2D eigenvalue weighted by molar-refractivity contribution is 6.31. The van der Waals surface area contributed by atoms with Gasteiger partial charge in [0.1, 0.15) is 5.69 Å². The van der Waals surface area contributed by atoms with Gasteiger partial charge in [-0.3, -0.25) is 24.6 Å². The number of Topliss-reactive ketones (excluding diaryl/α,β-unsaturated/α-hetero) is 1. The Kier molecular flexibility index (Phi) is 4.96. The molecule has 0 saturated heterocycles. The molecular weight excluding hydrogens is 392 g/mol. The van der Waals surface area contributed by atoms with Crippen molar-refractivity contribution in [3.8, 4) is 0 Å². The van der Waals surface area contributed by atoms with E-state index in [4.69, 9.17) is 11.6 Å². The SMILES string of the molecule is Cc1cccc(C2CC(=O)N(c3ccc(Cl)cc3[N+](=O)[O-])C3=C2C(=O)CCC3)c1. The number of hydrogen-bond acceptors (Lipinski definition) is 4. The summed E-state index contributed by atoms with van der Waals surface area (Å²) >= 11 is 5.94. The van der Waals surface area contributed by atoms with Crippen molar-refractivity contribution in [1.82, 2.24) is 0 Å². The van der Waals surface area contributed by atoms with Gasteiger partial charge in [0, 0.05) is 41.1 Å². The number of nitrogens with zero attached hydrogens (tertiary/aromatic N) is 2. The highest BCUT2D eigenvalue weighted by Crippen LogP contribution is 2.45. The minimum absolute atomic E-state index is 0.00636. The summed E-state index contributed by atoms with van der Waals surface area (Å²) in [5.41, 5.74) is 3.07. The molecule has 0 fully saturated rings. The van der Waals surface area contributed by atoms with Gasteiger partial charge in [0.25, 0.3) is 5.69 Å². The predicted molar refractivity (Wildman–Crippen MR) is 110 cm³/mol. The molecule has 1 heterocycles. The van der Waals surface area contributed by atoms with Crippen molar-refractivity contribution in [3.63, 3.8) is 0 Å². The number of nitro benzene ring substituents is 1. The van der Waals surface area contributed by atoms with E-state index in [1.807, 2.05) is 31.2 Å². The summed E-state index contributed by atoms with van der Waals surface area (Å²) in [6.45, 7) is 1.97. The standard InChI is InChI=1S/C22H19ClN2O4/c1-13-4-2-5-14(10-13)16-12-21(27)24(18-6-3-7-20(26)22(16)18)17-9-8-15(23)11-19(17)25(28)29/h2,4-5,8-11,16H,3,6-7,12H2,1H3. The van der Waals surface area contributed by atoms with Crippen molar-refractivity contribution in [2.45, 2.75) is 38.5 Å². The Morgan fingerprint density at radius 3 is 2.66 bits per heavy atom. The normalized spacial score (nSPS) is 19.4. The third-order valence-electron chi connectivity index (χ3n) is 5.49. The molecule has 2 aromatic rings. The summed E-state index contributed by atoms with van der Waals surface area (Å²) in [4.78, 5) is 38.5. The number of carbonyl (C=O) groups is 2. The van der Waals surface area contributed by atoms with Gasteiger partial charge in [-0.1, -0.05) is 41.4 Å². The van der Waals surface area contributed by atoms with Gasteiger partial charge in [0.15, 0.2) is 5.78 Å². The minimum atomic E-state index is -0.550. The van der Waals surface area contributed by atoms with Crippen LogP contribution in [0.3, 0.4) is 0 Å². The molecule has 0 spiro atoms. The van der Waals surface area contributed by atoms with Gasteiger partial charge in [0.2, 0.25) is 5.91 Å². The molecule has 29 heavy (non-hydrogen) atoms. The lowest BCUT2D eigenvalue weighted by Gasteiger charge is -2.38. The highest BCUT2D eigenvalue weighted by atomic mass is 35.5. The number of aryl methyl sites for hydroxylation is 1. The monoisotopic (exact) mass is 410 g/mol. The van der Waals surface area contributed by atoms with Crippen LogP contribution in [0.1, 0.15) is 42.7 Å². The molecule has 6 nitrogen and oxygen atoms in total. The molecule has 0 N–H and O–H groups in total. The van der Waals surface area contributed by atoms with E-state index in [1.165, 1.54) is 23.1 Å². The number of benzene rings is 2. The molecule has 1 aliphatic carbocycles. The zero-order chi connectivity index (χ0) is 20.7. The Morgan fingerprint density at radius 1 is 1.14 bits per heavy atom. The van der Waals surface area contributed by atoms with E-state index in [1.54, 1.807) is 0 Å². The lowest BCUT2D eigenvalue weighted by molar-refractivity contribution is -0.384. The van der Waals surface area contributed by atoms with Crippen molar-refractivity contribution >= 4 is 34.7 Å². The van der Waals surface area contributed by atoms with Crippen LogP contribution in [0.5, 0.6) is 0 Å². The van der Waals surface area contributed by atoms with E-state index < -0.39 is 4.92 Å². The van der Waals surface area contributed by atoms with Crippen LogP contribution in [-0.2, 0) is 9.59 Å². The Labute approximate surface area is 172 Å². The maximum Gasteiger partial charge on any atom is 0.294 e. The third kappa shape index (κ3) is 3.44. The number of allylic oxidation sites excluding steroid dienone is 2. The fourth-order valence-electron chi connectivity index (χ4n) is 4.28. The summed E-state index contributed by atoms with van der Waals surface area (Å²) in [5, 5.41) is 11.8. The molecule has 2 aromatic carbocycles. The van der Waals surface area contributed by atoms with E-state index in [-0.39, 0.29) is 40.4 Å². The van der Waals surface area contributed by atoms with Crippen LogP contribution in [0.4, 0.5) is 11.4 Å². The fraction of sp³-hybridized carbons (Fsp3) is 0.273. The van der Waals surface area contributed by atoms with Crippen LogP contribution in [0.2, 0.25) is 5.02 Å². The van der Waals surface area contributed by atoms with Crippen LogP contribution in [0.25, 0.3) is 0 Å². The van der Waals surface area contributed by atoms with Crippen LogP contribution in [-0.4, -0.2) is 16.6 Å². The van der Waals surface area contributed by atoms with Crippen molar-refractivity contribution in [3.05, 3.63) is 80.0 Å².